The molecule has 0 spiro atoms. The molecule has 3 aliphatic carbocycles. The lowest BCUT2D eigenvalue weighted by Gasteiger charge is -2.66. The maximum Gasteiger partial charge on any atom is 0.338 e. The first-order chi connectivity index (χ1) is 20.0. The van der Waals surface area contributed by atoms with Crippen molar-refractivity contribution in [2.75, 3.05) is 0 Å². The zero-order valence-corrected chi connectivity index (χ0v) is 23.7. The number of rotatable bonds is 5. The van der Waals surface area contributed by atoms with E-state index in [9.17, 15) is 24.6 Å². The lowest BCUT2D eigenvalue weighted by molar-refractivity contribution is -0.292. The highest BCUT2D eigenvalue weighted by atomic mass is 16.6. The summed E-state index contributed by atoms with van der Waals surface area (Å²) < 4.78 is 18.3. The third-order valence-electron chi connectivity index (χ3n) is 10.2. The number of ether oxygens (including phenoxy) is 2. The number of furan rings is 1. The van der Waals surface area contributed by atoms with Crippen LogP contribution in [0.1, 0.15) is 65.1 Å². The van der Waals surface area contributed by atoms with Crippen LogP contribution in [0, 0.1) is 22.7 Å². The SMILES string of the molecule is CC1c2ccoc2CC2C1C(OC(=O)c1ccccc1)C(OC(=O)c1ccccc1)C1(O)C(C)(C(=O)O)C=CCC21C. The topological polar surface area (TPSA) is 123 Å². The molecule has 1 heterocycles. The minimum absolute atomic E-state index is 0.215. The van der Waals surface area contributed by atoms with Crippen molar-refractivity contribution in [3.63, 3.8) is 0 Å². The predicted octanol–water partition coefficient (Wildman–Crippen LogP) is 5.42. The van der Waals surface area contributed by atoms with Gasteiger partial charge in [-0.1, -0.05) is 62.4 Å². The molecule has 1 fully saturated rings. The number of allylic oxidation sites excluding steroid dienone is 1. The lowest BCUT2D eigenvalue weighted by atomic mass is 9.41. The first-order valence-corrected chi connectivity index (χ1v) is 14.2. The zero-order valence-electron chi connectivity index (χ0n) is 23.7. The van der Waals surface area contributed by atoms with Crippen molar-refractivity contribution in [2.24, 2.45) is 22.7 Å². The van der Waals surface area contributed by atoms with Gasteiger partial charge in [0.25, 0.3) is 0 Å². The zero-order chi connectivity index (χ0) is 29.9. The molecule has 0 amide bonds. The van der Waals surface area contributed by atoms with E-state index in [0.717, 1.165) is 11.3 Å². The summed E-state index contributed by atoms with van der Waals surface area (Å²) in [4.78, 5) is 40.3. The van der Waals surface area contributed by atoms with Crippen LogP contribution >= 0.6 is 0 Å². The Hall–Kier alpha value is -4.17. The van der Waals surface area contributed by atoms with E-state index in [4.69, 9.17) is 13.9 Å². The monoisotopic (exact) mass is 570 g/mol. The van der Waals surface area contributed by atoms with E-state index in [0.29, 0.717) is 18.4 Å². The lowest BCUT2D eigenvalue weighted by Crippen LogP contribution is -2.78. The van der Waals surface area contributed by atoms with Crippen LogP contribution in [0.4, 0.5) is 0 Å². The van der Waals surface area contributed by atoms with Crippen LogP contribution in [0.5, 0.6) is 0 Å². The molecular formula is C34H34O8. The van der Waals surface area contributed by atoms with Crippen molar-refractivity contribution in [1.29, 1.82) is 0 Å². The van der Waals surface area contributed by atoms with E-state index < -0.39 is 52.5 Å². The fourth-order valence-corrected chi connectivity index (χ4v) is 7.94. The number of aliphatic carboxylic acids is 1. The standard InChI is InChI=1S/C34H34O8/c1-20-23-15-18-40-25(23)19-24-26(20)27(41-29(35)21-11-6-4-7-12-21)28(42-30(36)22-13-8-5-9-14-22)34(39)32(24,2)16-10-17-33(34,3)31(37)38/h4-15,17-18,20,24,26-28,39H,16,19H2,1-3H3,(H,37,38). The number of carboxylic acids is 1. The first-order valence-electron chi connectivity index (χ1n) is 14.2. The molecule has 0 bridgehead atoms. The van der Waals surface area contributed by atoms with Crippen molar-refractivity contribution < 1.29 is 38.5 Å². The number of aliphatic hydroxyl groups is 1. The molecular weight excluding hydrogens is 536 g/mol. The van der Waals surface area contributed by atoms with Gasteiger partial charge in [0.05, 0.1) is 17.4 Å². The molecule has 8 nitrogen and oxygen atoms in total. The molecule has 8 unspecified atom stereocenters. The highest BCUT2D eigenvalue weighted by molar-refractivity contribution is 5.91. The highest BCUT2D eigenvalue weighted by Crippen LogP contribution is 2.66. The highest BCUT2D eigenvalue weighted by Gasteiger charge is 2.76. The van der Waals surface area contributed by atoms with Gasteiger partial charge in [-0.2, -0.15) is 0 Å². The fourth-order valence-electron chi connectivity index (χ4n) is 7.94. The van der Waals surface area contributed by atoms with E-state index in [-0.39, 0.29) is 17.4 Å². The molecule has 6 rings (SSSR count). The number of carbonyl (C=O) groups excluding carboxylic acids is 2. The maximum absolute atomic E-state index is 13.7. The summed E-state index contributed by atoms with van der Waals surface area (Å²) in [5.41, 5.74) is -3.68. The van der Waals surface area contributed by atoms with Crippen molar-refractivity contribution in [1.82, 2.24) is 0 Å². The first kappa shape index (κ1) is 28.0. The van der Waals surface area contributed by atoms with Crippen LogP contribution in [0.15, 0.2) is 89.6 Å². The van der Waals surface area contributed by atoms with E-state index >= 15 is 0 Å². The van der Waals surface area contributed by atoms with Crippen molar-refractivity contribution in [3.05, 3.63) is 108 Å². The van der Waals surface area contributed by atoms with Gasteiger partial charge in [0.15, 0.2) is 6.10 Å². The van der Waals surface area contributed by atoms with Crippen molar-refractivity contribution >= 4 is 17.9 Å². The van der Waals surface area contributed by atoms with Gasteiger partial charge >= 0.3 is 17.9 Å². The second-order valence-corrected chi connectivity index (χ2v) is 12.2. The normalized spacial score (nSPS) is 34.8. The van der Waals surface area contributed by atoms with Gasteiger partial charge in [-0.15, -0.1) is 0 Å². The number of hydrogen-bond donors (Lipinski definition) is 2. The van der Waals surface area contributed by atoms with Crippen LogP contribution in [0.3, 0.4) is 0 Å². The van der Waals surface area contributed by atoms with Gasteiger partial charge in [0.2, 0.25) is 0 Å². The van der Waals surface area contributed by atoms with E-state index in [1.165, 1.54) is 13.0 Å². The van der Waals surface area contributed by atoms with E-state index in [1.54, 1.807) is 73.0 Å². The van der Waals surface area contributed by atoms with Crippen molar-refractivity contribution in [2.45, 2.75) is 57.3 Å². The smallest absolute Gasteiger partial charge is 0.338 e. The summed E-state index contributed by atoms with van der Waals surface area (Å²) in [6, 6.07) is 18.6. The summed E-state index contributed by atoms with van der Waals surface area (Å²) in [6.45, 7) is 5.30. The summed E-state index contributed by atoms with van der Waals surface area (Å²) in [5.74, 6) is -2.93. The van der Waals surface area contributed by atoms with E-state index in [1.807, 2.05) is 19.9 Å². The van der Waals surface area contributed by atoms with E-state index in [2.05, 4.69) is 0 Å². The number of esters is 2. The van der Waals surface area contributed by atoms with Crippen molar-refractivity contribution in [3.8, 4) is 0 Å². The van der Waals surface area contributed by atoms with Gasteiger partial charge in [-0.05, 0) is 61.1 Å². The Balaban J connectivity index is 1.57. The largest absolute Gasteiger partial charge is 0.481 e. The van der Waals surface area contributed by atoms with Crippen LogP contribution in [0.2, 0.25) is 0 Å². The average Bonchev–Trinajstić information content (AvgIpc) is 3.47. The van der Waals surface area contributed by atoms with Gasteiger partial charge in [-0.3, -0.25) is 4.79 Å². The molecule has 3 aromatic rings. The van der Waals surface area contributed by atoms with Crippen LogP contribution in [-0.4, -0.2) is 45.9 Å². The Morgan fingerprint density at radius 2 is 1.50 bits per heavy atom. The number of carboxylic acid groups (broad SMARTS) is 1. The van der Waals surface area contributed by atoms with Gasteiger partial charge in [-0.25, -0.2) is 9.59 Å². The Morgan fingerprint density at radius 1 is 0.905 bits per heavy atom. The molecule has 1 saturated carbocycles. The summed E-state index contributed by atoms with van der Waals surface area (Å²) in [7, 11) is 0. The van der Waals surface area contributed by atoms with Crippen LogP contribution in [-0.2, 0) is 20.7 Å². The predicted molar refractivity (Wildman–Crippen MR) is 152 cm³/mol. The Labute approximate surface area is 244 Å². The maximum atomic E-state index is 13.7. The fraction of sp³-hybridized carbons (Fsp3) is 0.382. The Morgan fingerprint density at radius 3 is 2.10 bits per heavy atom. The number of carbonyl (C=O) groups is 3. The summed E-state index contributed by atoms with van der Waals surface area (Å²) in [6.07, 6.45) is 2.93. The third kappa shape index (κ3) is 3.88. The van der Waals surface area contributed by atoms with Gasteiger partial charge in [0, 0.05) is 17.8 Å². The summed E-state index contributed by atoms with van der Waals surface area (Å²) >= 11 is 0. The second kappa shape index (κ2) is 9.98. The Bertz CT molecular complexity index is 1540. The van der Waals surface area contributed by atoms with Gasteiger partial charge in [0.1, 0.15) is 22.9 Å². The molecule has 0 aliphatic heterocycles. The molecule has 2 N–H and O–H groups in total. The minimum Gasteiger partial charge on any atom is -0.481 e. The molecule has 42 heavy (non-hydrogen) atoms. The summed E-state index contributed by atoms with van der Waals surface area (Å²) in [5, 5.41) is 23.7. The molecule has 218 valence electrons. The van der Waals surface area contributed by atoms with Crippen LogP contribution in [0.25, 0.3) is 0 Å². The quantitative estimate of drug-likeness (QED) is 0.308. The third-order valence-corrected chi connectivity index (χ3v) is 10.2. The van der Waals surface area contributed by atoms with Crippen LogP contribution < -0.4 is 0 Å². The molecule has 0 radical (unpaired) electrons. The molecule has 2 aromatic carbocycles. The minimum atomic E-state index is -2.17. The second-order valence-electron chi connectivity index (χ2n) is 12.2. The molecule has 1 aromatic heterocycles. The number of benzene rings is 2. The number of fused-ring (bicyclic) bond motifs is 4. The Kier molecular flexibility index (Phi) is 6.65. The number of hydrogen-bond acceptors (Lipinski definition) is 7. The molecule has 8 heteroatoms. The molecule has 3 aliphatic rings. The van der Waals surface area contributed by atoms with Gasteiger partial charge < -0.3 is 24.1 Å². The average molecular weight is 571 g/mol. The molecule has 8 atom stereocenters. The molecule has 0 saturated heterocycles.